The standard InChI is InChI=1S/C11H9Br3O2/c1-16-10(15)7-4-8-2-5-9(6-3-8)11(12,13)14/h2-7H,1H3/b7-4+. The number of carbonyl (C=O) groups is 1. The minimum absolute atomic E-state index is 0.361. The van der Waals surface area contributed by atoms with Crippen molar-refractivity contribution in [3.63, 3.8) is 0 Å². The monoisotopic (exact) mass is 410 g/mol. The van der Waals surface area contributed by atoms with Gasteiger partial charge in [-0.25, -0.2) is 4.79 Å². The highest BCUT2D eigenvalue weighted by atomic mass is 80.0. The van der Waals surface area contributed by atoms with Crippen molar-refractivity contribution in [2.45, 2.75) is 2.14 Å². The molecule has 1 aromatic carbocycles. The van der Waals surface area contributed by atoms with Crippen LogP contribution in [0.15, 0.2) is 30.3 Å². The molecule has 0 unspecified atom stereocenters. The van der Waals surface area contributed by atoms with Crippen LogP contribution in [-0.4, -0.2) is 13.1 Å². The number of methoxy groups -OCH3 is 1. The molecule has 0 heterocycles. The quantitative estimate of drug-likeness (QED) is 0.414. The summed E-state index contributed by atoms with van der Waals surface area (Å²) >= 11 is 10.3. The molecule has 0 spiro atoms. The molecular weight excluding hydrogens is 404 g/mol. The third-order valence-corrected chi connectivity index (χ3v) is 3.22. The number of alkyl halides is 3. The van der Waals surface area contributed by atoms with Crippen LogP contribution in [0.5, 0.6) is 0 Å². The molecule has 0 aliphatic rings. The van der Waals surface area contributed by atoms with Crippen molar-refractivity contribution < 1.29 is 9.53 Å². The van der Waals surface area contributed by atoms with Crippen molar-refractivity contribution in [1.29, 1.82) is 0 Å². The summed E-state index contributed by atoms with van der Waals surface area (Å²) in [5.41, 5.74) is 1.97. The first kappa shape index (κ1) is 13.9. The molecule has 0 atom stereocenters. The summed E-state index contributed by atoms with van der Waals surface area (Å²) in [6, 6.07) is 7.70. The zero-order valence-corrected chi connectivity index (χ0v) is 13.2. The van der Waals surface area contributed by atoms with Crippen LogP contribution in [0.2, 0.25) is 0 Å². The first-order valence-electron chi connectivity index (χ1n) is 4.37. The zero-order valence-electron chi connectivity index (χ0n) is 8.41. The average molecular weight is 413 g/mol. The molecule has 0 bridgehead atoms. The summed E-state index contributed by atoms with van der Waals surface area (Å²) in [6.07, 6.45) is 3.09. The molecule has 0 saturated heterocycles. The molecule has 0 N–H and O–H groups in total. The number of hydrogen-bond acceptors (Lipinski definition) is 2. The van der Waals surface area contributed by atoms with Crippen LogP contribution < -0.4 is 0 Å². The van der Waals surface area contributed by atoms with Gasteiger partial charge in [0.25, 0.3) is 0 Å². The van der Waals surface area contributed by atoms with E-state index in [-0.39, 0.29) is 5.97 Å². The average Bonchev–Trinajstić information content (AvgIpc) is 2.25. The molecule has 0 amide bonds. The van der Waals surface area contributed by atoms with Crippen molar-refractivity contribution in [3.8, 4) is 0 Å². The summed E-state index contributed by atoms with van der Waals surface area (Å²) < 4.78 is 4.10. The second kappa shape index (κ2) is 5.98. The number of hydrogen-bond donors (Lipinski definition) is 0. The van der Waals surface area contributed by atoms with Crippen LogP contribution in [0.25, 0.3) is 6.08 Å². The van der Waals surface area contributed by atoms with E-state index in [0.29, 0.717) is 0 Å². The number of carbonyl (C=O) groups excluding carboxylic acids is 1. The lowest BCUT2D eigenvalue weighted by atomic mass is 10.1. The van der Waals surface area contributed by atoms with Crippen molar-refractivity contribution in [3.05, 3.63) is 41.5 Å². The Labute approximate surface area is 119 Å². The Bertz CT molecular complexity index is 391. The lowest BCUT2D eigenvalue weighted by molar-refractivity contribution is -0.134. The van der Waals surface area contributed by atoms with E-state index < -0.39 is 2.14 Å². The van der Waals surface area contributed by atoms with Gasteiger partial charge in [0.15, 0.2) is 2.14 Å². The first-order chi connectivity index (χ1) is 7.43. The van der Waals surface area contributed by atoms with E-state index in [9.17, 15) is 4.79 Å². The van der Waals surface area contributed by atoms with Gasteiger partial charge in [0.05, 0.1) is 7.11 Å². The van der Waals surface area contributed by atoms with E-state index in [1.807, 2.05) is 24.3 Å². The SMILES string of the molecule is COC(=O)/C=C/c1ccc(C(Br)(Br)Br)cc1. The number of esters is 1. The topological polar surface area (TPSA) is 26.3 Å². The Hall–Kier alpha value is -0.130. The van der Waals surface area contributed by atoms with E-state index >= 15 is 0 Å². The molecule has 0 fully saturated rings. The number of benzene rings is 1. The van der Waals surface area contributed by atoms with Crippen LogP contribution in [-0.2, 0) is 11.7 Å². The highest BCUT2D eigenvalue weighted by molar-refractivity contribution is 9.38. The van der Waals surface area contributed by atoms with Crippen LogP contribution in [0.4, 0.5) is 0 Å². The van der Waals surface area contributed by atoms with Crippen LogP contribution in [0.3, 0.4) is 0 Å². The van der Waals surface area contributed by atoms with Crippen molar-refractivity contribution in [1.82, 2.24) is 0 Å². The lowest BCUT2D eigenvalue weighted by Crippen LogP contribution is -1.97. The van der Waals surface area contributed by atoms with Gasteiger partial charge in [-0.15, -0.1) is 0 Å². The zero-order chi connectivity index (χ0) is 12.2. The first-order valence-corrected chi connectivity index (χ1v) is 6.74. The molecule has 0 aliphatic heterocycles. The fourth-order valence-electron chi connectivity index (χ4n) is 1.02. The number of halogens is 3. The lowest BCUT2D eigenvalue weighted by Gasteiger charge is -2.12. The Balaban J connectivity index is 2.80. The maximum Gasteiger partial charge on any atom is 0.330 e. The molecule has 0 aromatic heterocycles. The summed E-state index contributed by atoms with van der Waals surface area (Å²) in [7, 11) is 1.35. The fraction of sp³-hybridized carbons (Fsp3) is 0.182. The fourth-order valence-corrected chi connectivity index (χ4v) is 1.81. The third kappa shape index (κ3) is 4.39. The van der Waals surface area contributed by atoms with Gasteiger partial charge in [-0.05, 0) is 17.2 Å². The van der Waals surface area contributed by atoms with Gasteiger partial charge in [0, 0.05) is 6.08 Å². The normalized spacial score (nSPS) is 11.8. The molecule has 5 heteroatoms. The predicted octanol–water partition coefficient (Wildman–Crippen LogP) is 4.17. The second-order valence-corrected chi connectivity index (χ2v) is 9.74. The van der Waals surface area contributed by atoms with Crippen molar-refractivity contribution in [2.24, 2.45) is 0 Å². The van der Waals surface area contributed by atoms with E-state index in [1.54, 1.807) is 6.08 Å². The third-order valence-electron chi connectivity index (χ3n) is 1.85. The molecule has 0 saturated carbocycles. The van der Waals surface area contributed by atoms with Gasteiger partial charge in [0.1, 0.15) is 0 Å². The van der Waals surface area contributed by atoms with Gasteiger partial charge < -0.3 is 4.74 Å². The van der Waals surface area contributed by atoms with Gasteiger partial charge in [0.2, 0.25) is 0 Å². The minimum Gasteiger partial charge on any atom is -0.466 e. The maximum absolute atomic E-state index is 10.9. The molecule has 0 radical (unpaired) electrons. The highest BCUT2D eigenvalue weighted by Gasteiger charge is 2.19. The van der Waals surface area contributed by atoms with Gasteiger partial charge in [-0.2, -0.15) is 0 Å². The predicted molar refractivity (Wildman–Crippen MR) is 76.0 cm³/mol. The highest BCUT2D eigenvalue weighted by Crippen LogP contribution is 2.44. The number of rotatable bonds is 2. The summed E-state index contributed by atoms with van der Waals surface area (Å²) in [4.78, 5) is 10.9. The molecule has 2 nitrogen and oxygen atoms in total. The number of ether oxygens (including phenoxy) is 1. The van der Waals surface area contributed by atoms with Gasteiger partial charge in [-0.3, -0.25) is 0 Å². The minimum atomic E-state index is -0.405. The smallest absolute Gasteiger partial charge is 0.330 e. The molecule has 16 heavy (non-hydrogen) atoms. The summed E-state index contributed by atoms with van der Waals surface area (Å²) in [5, 5.41) is 0. The van der Waals surface area contributed by atoms with Crippen molar-refractivity contribution >= 4 is 59.8 Å². The second-order valence-electron chi connectivity index (χ2n) is 2.98. The molecule has 1 rings (SSSR count). The Kier molecular flexibility index (Phi) is 5.21. The van der Waals surface area contributed by atoms with E-state index in [4.69, 9.17) is 0 Å². The molecule has 1 aromatic rings. The van der Waals surface area contributed by atoms with E-state index in [1.165, 1.54) is 13.2 Å². The molecule has 0 aliphatic carbocycles. The Morgan fingerprint density at radius 2 is 1.81 bits per heavy atom. The van der Waals surface area contributed by atoms with Crippen molar-refractivity contribution in [2.75, 3.05) is 7.11 Å². The van der Waals surface area contributed by atoms with Gasteiger partial charge in [-0.1, -0.05) is 72.1 Å². The maximum atomic E-state index is 10.9. The van der Waals surface area contributed by atoms with Crippen LogP contribution in [0, 0.1) is 0 Å². The van der Waals surface area contributed by atoms with Crippen LogP contribution >= 0.6 is 47.8 Å². The molecular formula is C11H9Br3O2. The van der Waals surface area contributed by atoms with Crippen LogP contribution in [0.1, 0.15) is 11.1 Å². The Morgan fingerprint density at radius 3 is 2.25 bits per heavy atom. The largest absolute Gasteiger partial charge is 0.466 e. The summed E-state index contributed by atoms with van der Waals surface area (Å²) in [6.45, 7) is 0. The Morgan fingerprint density at radius 1 is 1.25 bits per heavy atom. The van der Waals surface area contributed by atoms with E-state index in [2.05, 4.69) is 52.5 Å². The van der Waals surface area contributed by atoms with E-state index in [0.717, 1.165) is 11.1 Å². The molecule has 86 valence electrons. The van der Waals surface area contributed by atoms with Gasteiger partial charge >= 0.3 is 5.97 Å². The summed E-state index contributed by atoms with van der Waals surface area (Å²) in [5.74, 6) is -0.361.